The fourth-order valence-electron chi connectivity index (χ4n) is 3.57. The summed E-state index contributed by atoms with van der Waals surface area (Å²) in [4.78, 5) is 31.0. The van der Waals surface area contributed by atoms with Crippen molar-refractivity contribution in [3.05, 3.63) is 72.2 Å². The molecular formula is C25H31N5O. The van der Waals surface area contributed by atoms with Gasteiger partial charge in [-0.3, -0.25) is 9.78 Å². The van der Waals surface area contributed by atoms with Crippen molar-refractivity contribution >= 4 is 11.9 Å². The third kappa shape index (κ3) is 5.66. The van der Waals surface area contributed by atoms with Crippen molar-refractivity contribution < 1.29 is 4.79 Å². The van der Waals surface area contributed by atoms with Crippen molar-refractivity contribution in [1.29, 1.82) is 0 Å². The number of carbonyl (C=O) groups is 1. The van der Waals surface area contributed by atoms with Crippen molar-refractivity contribution in [2.24, 2.45) is 5.92 Å². The van der Waals surface area contributed by atoms with Crippen LogP contribution in [-0.2, 0) is 17.9 Å². The summed E-state index contributed by atoms with van der Waals surface area (Å²) >= 11 is 0. The van der Waals surface area contributed by atoms with Crippen molar-refractivity contribution in [2.75, 3.05) is 19.0 Å². The Morgan fingerprint density at radius 1 is 0.935 bits per heavy atom. The first-order valence-electron chi connectivity index (χ1n) is 10.8. The van der Waals surface area contributed by atoms with E-state index < -0.39 is 0 Å². The van der Waals surface area contributed by atoms with E-state index in [-0.39, 0.29) is 11.8 Å². The number of benzene rings is 1. The summed E-state index contributed by atoms with van der Waals surface area (Å²) in [5, 5.41) is 0. The third-order valence-corrected chi connectivity index (χ3v) is 5.40. The minimum atomic E-state index is -0.00262. The van der Waals surface area contributed by atoms with Gasteiger partial charge >= 0.3 is 0 Å². The van der Waals surface area contributed by atoms with Crippen LogP contribution in [0.1, 0.15) is 37.9 Å². The average Bonchev–Trinajstić information content (AvgIpc) is 2.80. The highest BCUT2D eigenvalue weighted by molar-refractivity contribution is 5.79. The van der Waals surface area contributed by atoms with Gasteiger partial charge in [0.15, 0.2) is 0 Å². The molecule has 3 aromatic rings. The lowest BCUT2D eigenvalue weighted by Gasteiger charge is -2.27. The van der Waals surface area contributed by atoms with Crippen LogP contribution in [0.2, 0.25) is 0 Å². The molecule has 0 bridgehead atoms. The monoisotopic (exact) mass is 417 g/mol. The summed E-state index contributed by atoms with van der Waals surface area (Å²) < 4.78 is 0. The molecule has 0 fully saturated rings. The van der Waals surface area contributed by atoms with Crippen molar-refractivity contribution in [1.82, 2.24) is 19.9 Å². The topological polar surface area (TPSA) is 62.2 Å². The second kappa shape index (κ2) is 10.7. The predicted octanol–water partition coefficient (Wildman–Crippen LogP) is 4.57. The summed E-state index contributed by atoms with van der Waals surface area (Å²) in [5.41, 5.74) is 3.55. The Kier molecular flexibility index (Phi) is 7.70. The Labute approximate surface area is 185 Å². The second-order valence-electron chi connectivity index (χ2n) is 7.83. The zero-order valence-corrected chi connectivity index (χ0v) is 18.8. The molecule has 6 heteroatoms. The molecule has 1 aromatic carbocycles. The van der Waals surface area contributed by atoms with E-state index in [1.165, 1.54) is 0 Å². The Bertz CT molecular complexity index is 972. The summed E-state index contributed by atoms with van der Waals surface area (Å²) in [7, 11) is 3.83. The zero-order valence-electron chi connectivity index (χ0n) is 18.8. The Balaban J connectivity index is 2.02. The van der Waals surface area contributed by atoms with E-state index in [1.54, 1.807) is 6.20 Å². The van der Waals surface area contributed by atoms with Gasteiger partial charge in [-0.05, 0) is 30.5 Å². The van der Waals surface area contributed by atoms with Crippen LogP contribution < -0.4 is 4.90 Å². The number of hydrogen-bond donors (Lipinski definition) is 0. The van der Waals surface area contributed by atoms with E-state index in [1.807, 2.05) is 66.5 Å². The van der Waals surface area contributed by atoms with E-state index in [0.29, 0.717) is 19.0 Å². The van der Waals surface area contributed by atoms with Gasteiger partial charge in [-0.25, -0.2) is 9.97 Å². The molecule has 2 aromatic heterocycles. The zero-order chi connectivity index (χ0) is 22.2. The molecule has 6 nitrogen and oxygen atoms in total. The molecule has 162 valence electrons. The molecule has 0 unspecified atom stereocenters. The highest BCUT2D eigenvalue weighted by Crippen LogP contribution is 2.25. The Hall–Kier alpha value is -3.28. The molecule has 0 saturated heterocycles. The number of anilines is 1. The maximum Gasteiger partial charge on any atom is 0.226 e. The molecular weight excluding hydrogens is 386 g/mol. The number of amides is 1. The molecule has 2 heterocycles. The van der Waals surface area contributed by atoms with Gasteiger partial charge in [0.1, 0.15) is 0 Å². The van der Waals surface area contributed by atoms with E-state index in [0.717, 1.165) is 35.4 Å². The van der Waals surface area contributed by atoms with Gasteiger partial charge in [0, 0.05) is 44.5 Å². The number of hydrogen-bond acceptors (Lipinski definition) is 5. The van der Waals surface area contributed by atoms with E-state index >= 15 is 0 Å². The summed E-state index contributed by atoms with van der Waals surface area (Å²) in [6, 6.07) is 15.9. The van der Waals surface area contributed by atoms with Crippen LogP contribution in [0.4, 0.5) is 5.95 Å². The van der Waals surface area contributed by atoms with Crippen LogP contribution >= 0.6 is 0 Å². The van der Waals surface area contributed by atoms with Crippen LogP contribution in [0.3, 0.4) is 0 Å². The number of carbonyl (C=O) groups excluding carboxylic acids is 1. The number of rotatable bonds is 9. The van der Waals surface area contributed by atoms with E-state index in [2.05, 4.69) is 35.9 Å². The number of aromatic nitrogens is 3. The van der Waals surface area contributed by atoms with Crippen molar-refractivity contribution in [3.8, 4) is 11.3 Å². The molecule has 0 N–H and O–H groups in total. The van der Waals surface area contributed by atoms with Gasteiger partial charge in [-0.2, -0.15) is 0 Å². The number of nitrogens with zero attached hydrogens (tertiary/aromatic N) is 5. The van der Waals surface area contributed by atoms with Crippen molar-refractivity contribution in [3.63, 3.8) is 0 Å². The molecule has 31 heavy (non-hydrogen) atoms. The van der Waals surface area contributed by atoms with Gasteiger partial charge < -0.3 is 9.80 Å². The fourth-order valence-corrected chi connectivity index (χ4v) is 3.57. The summed E-state index contributed by atoms with van der Waals surface area (Å²) in [5.74, 6) is 0.771. The van der Waals surface area contributed by atoms with Gasteiger partial charge in [-0.1, -0.05) is 50.2 Å². The quantitative estimate of drug-likeness (QED) is 0.510. The SMILES string of the molecule is CCC(CC)C(=O)N(Cc1ccccc1)Cc1nc(N(C)C)ncc1-c1ccccn1. The van der Waals surface area contributed by atoms with Gasteiger partial charge in [-0.15, -0.1) is 0 Å². The fraction of sp³-hybridized carbons (Fsp3) is 0.360. The lowest BCUT2D eigenvalue weighted by atomic mass is 10.0. The predicted molar refractivity (Wildman–Crippen MR) is 124 cm³/mol. The average molecular weight is 418 g/mol. The molecule has 0 aliphatic heterocycles. The second-order valence-corrected chi connectivity index (χ2v) is 7.83. The lowest BCUT2D eigenvalue weighted by molar-refractivity contribution is -0.137. The first-order valence-corrected chi connectivity index (χ1v) is 10.8. The first kappa shape index (κ1) is 22.4. The van der Waals surface area contributed by atoms with Gasteiger partial charge in [0.05, 0.1) is 17.9 Å². The molecule has 0 aliphatic rings. The highest BCUT2D eigenvalue weighted by atomic mass is 16.2. The number of pyridine rings is 1. The summed E-state index contributed by atoms with van der Waals surface area (Å²) in [6.07, 6.45) is 5.21. The van der Waals surface area contributed by atoms with Crippen LogP contribution in [0.5, 0.6) is 0 Å². The molecule has 3 rings (SSSR count). The van der Waals surface area contributed by atoms with Gasteiger partial charge in [0.25, 0.3) is 0 Å². The standard InChI is InChI=1S/C25H31N5O/c1-5-20(6-2)24(31)30(17-19-12-8-7-9-13-19)18-23-21(22-14-10-11-15-26-22)16-27-25(28-23)29(3)4/h7-16,20H,5-6,17-18H2,1-4H3. The van der Waals surface area contributed by atoms with Gasteiger partial charge in [0.2, 0.25) is 11.9 Å². The van der Waals surface area contributed by atoms with Crippen LogP contribution in [0, 0.1) is 5.92 Å². The van der Waals surface area contributed by atoms with Crippen LogP contribution in [-0.4, -0.2) is 39.9 Å². The van der Waals surface area contributed by atoms with E-state index in [9.17, 15) is 4.79 Å². The smallest absolute Gasteiger partial charge is 0.226 e. The van der Waals surface area contributed by atoms with Crippen LogP contribution in [0.25, 0.3) is 11.3 Å². The van der Waals surface area contributed by atoms with Crippen LogP contribution in [0.15, 0.2) is 60.9 Å². The largest absolute Gasteiger partial charge is 0.347 e. The minimum absolute atomic E-state index is 0.00262. The minimum Gasteiger partial charge on any atom is -0.347 e. The Morgan fingerprint density at radius 2 is 1.65 bits per heavy atom. The summed E-state index contributed by atoms with van der Waals surface area (Å²) in [6.45, 7) is 5.08. The maximum absolute atomic E-state index is 13.4. The van der Waals surface area contributed by atoms with E-state index in [4.69, 9.17) is 4.98 Å². The molecule has 0 atom stereocenters. The maximum atomic E-state index is 13.4. The highest BCUT2D eigenvalue weighted by Gasteiger charge is 2.24. The molecule has 0 aliphatic carbocycles. The first-order chi connectivity index (χ1) is 15.0. The molecule has 0 spiro atoms. The molecule has 1 amide bonds. The molecule has 0 saturated carbocycles. The van der Waals surface area contributed by atoms with Crippen molar-refractivity contribution in [2.45, 2.75) is 39.8 Å². The lowest BCUT2D eigenvalue weighted by Crippen LogP contribution is -2.35. The third-order valence-electron chi connectivity index (χ3n) is 5.40. The normalized spacial score (nSPS) is 10.9. The molecule has 0 radical (unpaired) electrons. The Morgan fingerprint density at radius 3 is 2.26 bits per heavy atom.